The van der Waals surface area contributed by atoms with E-state index in [4.69, 9.17) is 5.73 Å². The number of amides is 1. The fourth-order valence-electron chi connectivity index (χ4n) is 4.17. The first-order chi connectivity index (χ1) is 12.1. The molecule has 1 atom stereocenters. The van der Waals surface area contributed by atoms with E-state index in [-0.39, 0.29) is 23.8 Å². The maximum Gasteiger partial charge on any atom is 0.226 e. The Labute approximate surface area is 147 Å². The number of hydrogen-bond acceptors (Lipinski definition) is 5. The number of rotatable bonds is 3. The maximum atomic E-state index is 13.0. The van der Waals surface area contributed by atoms with Gasteiger partial charge in [-0.1, -0.05) is 12.8 Å². The predicted molar refractivity (Wildman–Crippen MR) is 94.3 cm³/mol. The summed E-state index contributed by atoms with van der Waals surface area (Å²) < 4.78 is 1.76. The number of carbonyl (C=O) groups is 1. The second-order valence-corrected chi connectivity index (χ2v) is 7.10. The van der Waals surface area contributed by atoms with Crippen LogP contribution < -0.4 is 5.73 Å². The molecule has 0 spiro atoms. The third-order valence-electron chi connectivity index (χ3n) is 5.41. The lowest BCUT2D eigenvalue weighted by Crippen LogP contribution is -2.35. The molecule has 4 rings (SSSR count). The van der Waals surface area contributed by atoms with Gasteiger partial charge in [-0.05, 0) is 25.7 Å². The van der Waals surface area contributed by atoms with Gasteiger partial charge < -0.3 is 10.6 Å². The topological polar surface area (TPSA) is 89.9 Å². The van der Waals surface area contributed by atoms with Crippen LogP contribution >= 0.6 is 0 Å². The lowest BCUT2D eigenvalue weighted by molar-refractivity contribution is -0.136. The van der Waals surface area contributed by atoms with Crippen molar-refractivity contribution in [3.05, 3.63) is 24.3 Å². The summed E-state index contributed by atoms with van der Waals surface area (Å²) >= 11 is 0. The van der Waals surface area contributed by atoms with Gasteiger partial charge in [0.2, 0.25) is 11.9 Å². The number of nitrogen functional groups attached to an aromatic ring is 1. The molecule has 2 aliphatic rings. The molecular formula is C18H24N6O. The largest absolute Gasteiger partial charge is 0.368 e. The van der Waals surface area contributed by atoms with Gasteiger partial charge >= 0.3 is 0 Å². The molecule has 1 saturated heterocycles. The van der Waals surface area contributed by atoms with E-state index in [1.165, 1.54) is 0 Å². The highest BCUT2D eigenvalue weighted by Crippen LogP contribution is 2.39. The summed E-state index contributed by atoms with van der Waals surface area (Å²) in [5.41, 5.74) is 8.60. The first-order valence-electron chi connectivity index (χ1n) is 9.05. The van der Waals surface area contributed by atoms with Crippen LogP contribution in [0.25, 0.3) is 11.1 Å². The molecule has 0 radical (unpaired) electrons. The number of aromatic nitrogens is 4. The summed E-state index contributed by atoms with van der Waals surface area (Å²) in [6, 6.07) is -0.0198. The normalized spacial score (nSPS) is 21.2. The van der Waals surface area contributed by atoms with Crippen molar-refractivity contribution in [1.29, 1.82) is 0 Å². The quantitative estimate of drug-likeness (QED) is 0.926. The van der Waals surface area contributed by atoms with E-state index in [1.54, 1.807) is 17.1 Å². The van der Waals surface area contributed by atoms with E-state index in [0.29, 0.717) is 0 Å². The van der Waals surface area contributed by atoms with Gasteiger partial charge in [0.05, 0.1) is 17.9 Å². The van der Waals surface area contributed by atoms with Crippen molar-refractivity contribution >= 4 is 11.9 Å². The smallest absolute Gasteiger partial charge is 0.226 e. The molecule has 2 N–H and O–H groups in total. The summed E-state index contributed by atoms with van der Waals surface area (Å²) in [5.74, 6) is 0.721. The zero-order valence-electron chi connectivity index (χ0n) is 14.6. The number of aryl methyl sites for hydroxylation is 1. The Balaban J connectivity index is 1.70. The van der Waals surface area contributed by atoms with Crippen molar-refractivity contribution in [2.45, 2.75) is 44.6 Å². The first-order valence-corrected chi connectivity index (χ1v) is 9.05. The summed E-state index contributed by atoms with van der Waals surface area (Å²) in [4.78, 5) is 23.7. The molecule has 2 fully saturated rings. The molecule has 1 amide bonds. The molecule has 7 nitrogen and oxygen atoms in total. The number of hydrogen-bond donors (Lipinski definition) is 1. The van der Waals surface area contributed by atoms with E-state index < -0.39 is 0 Å². The standard InChI is InChI=1S/C18H24N6O/c1-23-11-13(9-21-23)14-10-20-18(19)22-16(14)15-7-4-8-24(15)17(25)12-5-2-3-6-12/h9-12,15H,2-8H2,1H3,(H2,19,20,22)/t15-/m1/s1. The van der Waals surface area contributed by atoms with E-state index in [1.807, 2.05) is 18.1 Å². The highest BCUT2D eigenvalue weighted by molar-refractivity contribution is 5.80. The zero-order chi connectivity index (χ0) is 17.4. The van der Waals surface area contributed by atoms with Crippen molar-refractivity contribution in [1.82, 2.24) is 24.6 Å². The van der Waals surface area contributed by atoms with E-state index in [9.17, 15) is 4.79 Å². The van der Waals surface area contributed by atoms with Crippen LogP contribution in [0.15, 0.2) is 18.6 Å². The maximum absolute atomic E-state index is 13.0. The van der Waals surface area contributed by atoms with Gasteiger partial charge in [0, 0.05) is 43.0 Å². The Bertz CT molecular complexity index is 780. The number of likely N-dealkylation sites (tertiary alicyclic amines) is 1. The minimum atomic E-state index is -0.0198. The van der Waals surface area contributed by atoms with E-state index >= 15 is 0 Å². The minimum Gasteiger partial charge on any atom is -0.368 e. The molecule has 1 aliphatic carbocycles. The first kappa shape index (κ1) is 16.1. The Kier molecular flexibility index (Phi) is 4.15. The van der Waals surface area contributed by atoms with Crippen LogP contribution in [0.5, 0.6) is 0 Å². The van der Waals surface area contributed by atoms with Crippen LogP contribution in [0, 0.1) is 5.92 Å². The predicted octanol–water partition coefficient (Wildman–Crippen LogP) is 2.31. The molecule has 132 valence electrons. The number of carbonyl (C=O) groups excluding carboxylic acids is 1. The summed E-state index contributed by atoms with van der Waals surface area (Å²) in [5, 5.41) is 4.25. The van der Waals surface area contributed by atoms with Gasteiger partial charge in [-0.25, -0.2) is 9.97 Å². The average Bonchev–Trinajstić information content (AvgIpc) is 3.35. The van der Waals surface area contributed by atoms with Crippen LogP contribution in [0.2, 0.25) is 0 Å². The fourth-order valence-corrected chi connectivity index (χ4v) is 4.17. The molecular weight excluding hydrogens is 316 g/mol. The Morgan fingerprint density at radius 2 is 2.00 bits per heavy atom. The van der Waals surface area contributed by atoms with Gasteiger partial charge in [-0.3, -0.25) is 9.48 Å². The molecule has 3 heterocycles. The highest BCUT2D eigenvalue weighted by atomic mass is 16.2. The van der Waals surface area contributed by atoms with Gasteiger partial charge in [-0.15, -0.1) is 0 Å². The summed E-state index contributed by atoms with van der Waals surface area (Å²) in [6.45, 7) is 0.802. The molecule has 0 bridgehead atoms. The fraction of sp³-hybridized carbons (Fsp3) is 0.556. The van der Waals surface area contributed by atoms with Crippen LogP contribution in [0.4, 0.5) is 5.95 Å². The summed E-state index contributed by atoms with van der Waals surface area (Å²) in [7, 11) is 1.88. The third kappa shape index (κ3) is 2.99. The molecule has 2 aromatic heterocycles. The van der Waals surface area contributed by atoms with Crippen LogP contribution in [-0.4, -0.2) is 37.1 Å². The van der Waals surface area contributed by atoms with E-state index in [2.05, 4.69) is 15.1 Å². The Morgan fingerprint density at radius 1 is 1.20 bits per heavy atom. The minimum absolute atomic E-state index is 0.0198. The van der Waals surface area contributed by atoms with Crippen molar-refractivity contribution in [2.24, 2.45) is 13.0 Å². The monoisotopic (exact) mass is 340 g/mol. The lowest BCUT2D eigenvalue weighted by atomic mass is 10.0. The average molecular weight is 340 g/mol. The molecule has 25 heavy (non-hydrogen) atoms. The SMILES string of the molecule is Cn1cc(-c2cnc(N)nc2[C@H]2CCCN2C(=O)C2CCCC2)cn1. The molecule has 1 aliphatic heterocycles. The van der Waals surface area contributed by atoms with Gasteiger partial charge in [0.25, 0.3) is 0 Å². The highest BCUT2D eigenvalue weighted by Gasteiger charge is 2.37. The van der Waals surface area contributed by atoms with E-state index in [0.717, 1.165) is 61.9 Å². The molecule has 1 saturated carbocycles. The molecule has 0 aromatic carbocycles. The molecule has 0 unspecified atom stereocenters. The lowest BCUT2D eigenvalue weighted by Gasteiger charge is -2.28. The van der Waals surface area contributed by atoms with Gasteiger partial charge in [0.15, 0.2) is 0 Å². The molecule has 2 aromatic rings. The van der Waals surface area contributed by atoms with Crippen molar-refractivity contribution in [2.75, 3.05) is 12.3 Å². The van der Waals surface area contributed by atoms with Crippen LogP contribution in [-0.2, 0) is 11.8 Å². The second-order valence-electron chi connectivity index (χ2n) is 7.10. The van der Waals surface area contributed by atoms with Gasteiger partial charge in [-0.2, -0.15) is 5.10 Å². The number of nitrogens with two attached hydrogens (primary N) is 1. The van der Waals surface area contributed by atoms with Crippen molar-refractivity contribution in [3.63, 3.8) is 0 Å². The van der Waals surface area contributed by atoms with Crippen molar-refractivity contribution < 1.29 is 4.79 Å². The third-order valence-corrected chi connectivity index (χ3v) is 5.41. The number of nitrogens with zero attached hydrogens (tertiary/aromatic N) is 5. The second kappa shape index (κ2) is 6.46. The van der Waals surface area contributed by atoms with Crippen LogP contribution in [0.3, 0.4) is 0 Å². The number of anilines is 1. The Hall–Kier alpha value is -2.44. The molecule has 7 heteroatoms. The van der Waals surface area contributed by atoms with Crippen molar-refractivity contribution in [3.8, 4) is 11.1 Å². The van der Waals surface area contributed by atoms with Crippen LogP contribution in [0.1, 0.15) is 50.3 Å². The summed E-state index contributed by atoms with van der Waals surface area (Å²) in [6.07, 6.45) is 11.8. The zero-order valence-corrected chi connectivity index (χ0v) is 14.6. The Morgan fingerprint density at radius 3 is 2.72 bits per heavy atom. The van der Waals surface area contributed by atoms with Gasteiger partial charge in [0.1, 0.15) is 0 Å².